The average Bonchev–Trinajstić information content (AvgIpc) is 3.07. The number of thiazole rings is 1. The van der Waals surface area contributed by atoms with Crippen LogP contribution in [0.1, 0.15) is 16.1 Å². The van der Waals surface area contributed by atoms with Gasteiger partial charge in [0.2, 0.25) is 0 Å². The third-order valence-corrected chi connectivity index (χ3v) is 5.95. The summed E-state index contributed by atoms with van der Waals surface area (Å²) in [4.78, 5) is 8.36. The van der Waals surface area contributed by atoms with Crippen LogP contribution in [0.3, 0.4) is 0 Å². The fraction of sp³-hybridized carbons (Fsp3) is 0.200. The van der Waals surface area contributed by atoms with E-state index in [0.717, 1.165) is 36.9 Å². The number of rotatable bonds is 4. The molecule has 2 aromatic carbocycles. The minimum Gasteiger partial charge on any atom is -0.332 e. The van der Waals surface area contributed by atoms with Crippen LogP contribution >= 0.6 is 35.2 Å². The predicted molar refractivity (Wildman–Crippen MR) is 118 cm³/mol. The van der Waals surface area contributed by atoms with Gasteiger partial charge in [-0.15, -0.1) is 11.3 Å². The summed E-state index contributed by atoms with van der Waals surface area (Å²) >= 11 is 12.8. The zero-order chi connectivity index (χ0) is 19.5. The van der Waals surface area contributed by atoms with E-state index < -0.39 is 5.82 Å². The van der Waals surface area contributed by atoms with E-state index in [1.807, 2.05) is 6.07 Å². The number of hydrogen-bond donors (Lipinski definition) is 2. The number of nitrogens with one attached hydrogen (secondary N) is 2. The van der Waals surface area contributed by atoms with Gasteiger partial charge < -0.3 is 10.6 Å². The van der Waals surface area contributed by atoms with Crippen molar-refractivity contribution in [2.75, 3.05) is 17.2 Å². The number of fused-ring (bicyclic) bond motifs is 1. The lowest BCUT2D eigenvalue weighted by atomic mass is 10.1. The van der Waals surface area contributed by atoms with Gasteiger partial charge >= 0.3 is 0 Å². The second-order valence-corrected chi connectivity index (χ2v) is 8.44. The van der Waals surface area contributed by atoms with Crippen molar-refractivity contribution in [1.29, 1.82) is 0 Å². The molecule has 144 valence electrons. The summed E-state index contributed by atoms with van der Waals surface area (Å²) in [5.74, 6) is -0.459. The van der Waals surface area contributed by atoms with Gasteiger partial charge in [-0.2, -0.15) is 0 Å². The molecule has 28 heavy (non-hydrogen) atoms. The van der Waals surface area contributed by atoms with E-state index in [4.69, 9.17) is 23.8 Å². The summed E-state index contributed by atoms with van der Waals surface area (Å²) in [5, 5.41) is 7.34. The Kier molecular flexibility index (Phi) is 5.87. The molecular formula is C20H18ClFN4S2. The zero-order valence-corrected chi connectivity index (χ0v) is 17.3. The van der Waals surface area contributed by atoms with Crippen molar-refractivity contribution in [3.05, 3.63) is 75.5 Å². The summed E-state index contributed by atoms with van der Waals surface area (Å²) in [6.45, 7) is 2.81. The third-order valence-electron chi connectivity index (χ3n) is 4.46. The van der Waals surface area contributed by atoms with Gasteiger partial charge in [-0.3, -0.25) is 4.90 Å². The second-order valence-electron chi connectivity index (χ2n) is 6.54. The van der Waals surface area contributed by atoms with Crippen molar-refractivity contribution in [1.82, 2.24) is 9.88 Å². The standard InChI is InChI=1S/C20H18ClFN4S2/c21-15-10-14(6-7-16(15)22)23-19(27)25-20-24-17-8-9-26(12-18(17)28-20)11-13-4-2-1-3-5-13/h1-7,10H,8-9,11-12H2,(H2,23,24,25,27). The summed E-state index contributed by atoms with van der Waals surface area (Å²) in [5.41, 5.74) is 3.07. The SMILES string of the molecule is Fc1ccc(NC(=S)Nc2nc3c(s2)CN(Cc2ccccc2)CC3)cc1Cl. The number of thiocarbonyl (C=S) groups is 1. The van der Waals surface area contributed by atoms with Crippen molar-refractivity contribution >= 4 is 51.1 Å². The molecule has 8 heteroatoms. The van der Waals surface area contributed by atoms with Gasteiger partial charge in [0.05, 0.1) is 10.7 Å². The summed E-state index contributed by atoms with van der Waals surface area (Å²) in [6, 6.07) is 14.9. The molecule has 0 saturated carbocycles. The van der Waals surface area contributed by atoms with Crippen LogP contribution in [-0.4, -0.2) is 21.5 Å². The van der Waals surface area contributed by atoms with Crippen molar-refractivity contribution in [2.45, 2.75) is 19.5 Å². The maximum absolute atomic E-state index is 13.3. The highest BCUT2D eigenvalue weighted by Gasteiger charge is 2.21. The van der Waals surface area contributed by atoms with Crippen LogP contribution in [0.15, 0.2) is 48.5 Å². The Bertz CT molecular complexity index is 993. The third kappa shape index (κ3) is 4.67. The highest BCUT2D eigenvalue weighted by atomic mass is 35.5. The minimum absolute atomic E-state index is 0.0519. The monoisotopic (exact) mass is 432 g/mol. The van der Waals surface area contributed by atoms with Crippen LogP contribution in [0.2, 0.25) is 5.02 Å². The highest BCUT2D eigenvalue weighted by molar-refractivity contribution is 7.80. The Morgan fingerprint density at radius 3 is 2.82 bits per heavy atom. The molecular weight excluding hydrogens is 415 g/mol. The Morgan fingerprint density at radius 2 is 2.04 bits per heavy atom. The van der Waals surface area contributed by atoms with Gasteiger partial charge in [-0.25, -0.2) is 9.37 Å². The molecule has 0 saturated heterocycles. The first-order valence-electron chi connectivity index (χ1n) is 8.85. The van der Waals surface area contributed by atoms with E-state index in [-0.39, 0.29) is 5.02 Å². The molecule has 0 fully saturated rings. The normalized spacial score (nSPS) is 13.8. The molecule has 2 heterocycles. The fourth-order valence-corrected chi connectivity index (χ4v) is 4.63. The molecule has 1 aromatic heterocycles. The molecule has 0 aliphatic carbocycles. The smallest absolute Gasteiger partial charge is 0.189 e. The van der Waals surface area contributed by atoms with Crippen molar-refractivity contribution < 1.29 is 4.39 Å². The first-order valence-corrected chi connectivity index (χ1v) is 10.4. The molecule has 0 radical (unpaired) electrons. The van der Waals surface area contributed by atoms with Gasteiger partial charge in [-0.1, -0.05) is 41.9 Å². The molecule has 3 aromatic rings. The molecule has 0 bridgehead atoms. The van der Waals surface area contributed by atoms with E-state index in [9.17, 15) is 4.39 Å². The van der Waals surface area contributed by atoms with Gasteiger partial charge in [0, 0.05) is 36.6 Å². The largest absolute Gasteiger partial charge is 0.332 e. The number of nitrogens with zero attached hydrogens (tertiary/aromatic N) is 2. The van der Waals surface area contributed by atoms with E-state index in [1.165, 1.54) is 22.6 Å². The highest BCUT2D eigenvalue weighted by Crippen LogP contribution is 2.29. The molecule has 1 aliphatic heterocycles. The minimum atomic E-state index is -0.459. The molecule has 4 nitrogen and oxygen atoms in total. The van der Waals surface area contributed by atoms with Crippen LogP contribution in [0.5, 0.6) is 0 Å². The second kappa shape index (κ2) is 8.53. The number of anilines is 2. The van der Waals surface area contributed by atoms with E-state index in [1.54, 1.807) is 17.4 Å². The van der Waals surface area contributed by atoms with Crippen LogP contribution in [-0.2, 0) is 19.5 Å². The summed E-state index contributed by atoms with van der Waals surface area (Å²) in [6.07, 6.45) is 0.925. The van der Waals surface area contributed by atoms with E-state index in [2.05, 4.69) is 44.8 Å². The topological polar surface area (TPSA) is 40.2 Å². The molecule has 0 amide bonds. The first kappa shape index (κ1) is 19.3. The number of hydrogen-bond acceptors (Lipinski definition) is 4. The van der Waals surface area contributed by atoms with Gasteiger partial charge in [0.1, 0.15) is 5.82 Å². The zero-order valence-electron chi connectivity index (χ0n) is 14.9. The van der Waals surface area contributed by atoms with Crippen LogP contribution in [0.4, 0.5) is 15.2 Å². The van der Waals surface area contributed by atoms with Crippen molar-refractivity contribution in [3.8, 4) is 0 Å². The lowest BCUT2D eigenvalue weighted by Gasteiger charge is -2.25. The average molecular weight is 433 g/mol. The quantitative estimate of drug-likeness (QED) is 0.547. The number of benzene rings is 2. The summed E-state index contributed by atoms with van der Waals surface area (Å²) < 4.78 is 13.3. The molecule has 2 N–H and O–H groups in total. The van der Waals surface area contributed by atoms with Crippen LogP contribution in [0, 0.1) is 5.82 Å². The predicted octanol–water partition coefficient (Wildman–Crippen LogP) is 5.30. The summed E-state index contributed by atoms with van der Waals surface area (Å²) in [7, 11) is 0. The Balaban J connectivity index is 1.37. The molecule has 0 unspecified atom stereocenters. The van der Waals surface area contributed by atoms with Crippen LogP contribution in [0.25, 0.3) is 0 Å². The van der Waals surface area contributed by atoms with E-state index in [0.29, 0.717) is 10.8 Å². The Hall–Kier alpha value is -2.06. The van der Waals surface area contributed by atoms with E-state index >= 15 is 0 Å². The Morgan fingerprint density at radius 1 is 1.21 bits per heavy atom. The molecule has 4 rings (SSSR count). The number of aromatic nitrogens is 1. The maximum Gasteiger partial charge on any atom is 0.189 e. The molecule has 0 spiro atoms. The van der Waals surface area contributed by atoms with Crippen molar-refractivity contribution in [3.63, 3.8) is 0 Å². The van der Waals surface area contributed by atoms with Gasteiger partial charge in [0.15, 0.2) is 10.2 Å². The van der Waals surface area contributed by atoms with Gasteiger partial charge in [0.25, 0.3) is 0 Å². The van der Waals surface area contributed by atoms with Crippen LogP contribution < -0.4 is 10.6 Å². The molecule has 1 aliphatic rings. The lowest BCUT2D eigenvalue weighted by Crippen LogP contribution is -2.29. The Labute approximate surface area is 177 Å². The fourth-order valence-electron chi connectivity index (χ4n) is 3.11. The maximum atomic E-state index is 13.3. The first-order chi connectivity index (χ1) is 13.6. The molecule has 0 atom stereocenters. The van der Waals surface area contributed by atoms with Crippen molar-refractivity contribution in [2.24, 2.45) is 0 Å². The number of halogens is 2. The lowest BCUT2D eigenvalue weighted by molar-refractivity contribution is 0.247. The van der Waals surface area contributed by atoms with Gasteiger partial charge in [-0.05, 0) is 36.0 Å².